The number of benzene rings is 1. The van der Waals surface area contributed by atoms with Crippen molar-refractivity contribution in [3.05, 3.63) is 33.8 Å². The van der Waals surface area contributed by atoms with E-state index in [-0.39, 0.29) is 0 Å². The van der Waals surface area contributed by atoms with E-state index in [1.165, 1.54) is 20.2 Å². The van der Waals surface area contributed by atoms with E-state index >= 15 is 0 Å². The number of primary amides is 1. The molecule has 1 aromatic rings. The van der Waals surface area contributed by atoms with Crippen molar-refractivity contribution in [1.29, 1.82) is 0 Å². The number of rotatable bonds is 5. The molecule has 1 aromatic carbocycles. The molecule has 0 aromatic heterocycles. The Morgan fingerprint density at radius 2 is 2.00 bits per heavy atom. The predicted molar refractivity (Wildman–Crippen MR) is 69.7 cm³/mol. The van der Waals surface area contributed by atoms with Crippen LogP contribution in [0.5, 0.6) is 0 Å². The molecule has 0 radical (unpaired) electrons. The highest BCUT2D eigenvalue weighted by Crippen LogP contribution is 2.22. The van der Waals surface area contributed by atoms with Gasteiger partial charge in [0.05, 0.1) is 16.3 Å². The van der Waals surface area contributed by atoms with E-state index in [1.54, 1.807) is 18.2 Å². The van der Waals surface area contributed by atoms with E-state index in [4.69, 9.17) is 38.5 Å². The molecule has 7 heteroatoms. The Balaban J connectivity index is 2.86. The van der Waals surface area contributed by atoms with Crippen LogP contribution in [0.3, 0.4) is 0 Å². The Labute approximate surface area is 114 Å². The molecule has 0 bridgehead atoms. The third-order valence-corrected chi connectivity index (χ3v) is 2.90. The van der Waals surface area contributed by atoms with Gasteiger partial charge in [0, 0.05) is 19.6 Å². The summed E-state index contributed by atoms with van der Waals surface area (Å²) in [6.45, 7) is 1.35. The average Bonchev–Trinajstić information content (AvgIpc) is 2.32. The van der Waals surface area contributed by atoms with Gasteiger partial charge in [-0.3, -0.25) is 4.79 Å². The SMILES string of the molecule is COC(C)(ON=Cc1c(Cl)cccc1Cl)C(N)=O. The van der Waals surface area contributed by atoms with Crippen LogP contribution in [-0.4, -0.2) is 25.0 Å². The number of nitrogens with two attached hydrogens (primary N) is 1. The second-order valence-corrected chi connectivity index (χ2v) is 4.29. The van der Waals surface area contributed by atoms with Crippen LogP contribution in [0.4, 0.5) is 0 Å². The number of ether oxygens (including phenoxy) is 1. The fraction of sp³-hybridized carbons (Fsp3) is 0.273. The highest BCUT2D eigenvalue weighted by molar-refractivity contribution is 6.38. The summed E-state index contributed by atoms with van der Waals surface area (Å²) in [5, 5.41) is 4.43. The highest BCUT2D eigenvalue weighted by atomic mass is 35.5. The first kappa shape index (κ1) is 14.8. The zero-order chi connectivity index (χ0) is 13.8. The zero-order valence-electron chi connectivity index (χ0n) is 9.81. The largest absolute Gasteiger partial charge is 0.364 e. The third-order valence-electron chi connectivity index (χ3n) is 2.25. The van der Waals surface area contributed by atoms with E-state index in [0.29, 0.717) is 15.6 Å². The van der Waals surface area contributed by atoms with E-state index in [9.17, 15) is 4.79 Å². The van der Waals surface area contributed by atoms with Crippen molar-refractivity contribution >= 4 is 35.3 Å². The summed E-state index contributed by atoms with van der Waals surface area (Å²) in [5.41, 5.74) is 5.58. The van der Waals surface area contributed by atoms with Crippen LogP contribution in [0, 0.1) is 0 Å². The Hall–Kier alpha value is -1.30. The molecule has 0 fully saturated rings. The highest BCUT2D eigenvalue weighted by Gasteiger charge is 2.33. The molecule has 0 heterocycles. The maximum atomic E-state index is 11.1. The minimum atomic E-state index is -1.63. The molecule has 0 aliphatic carbocycles. The molecule has 1 unspecified atom stereocenters. The van der Waals surface area contributed by atoms with Crippen LogP contribution >= 0.6 is 23.2 Å². The molecule has 1 atom stereocenters. The van der Waals surface area contributed by atoms with Crippen LogP contribution in [0.1, 0.15) is 12.5 Å². The van der Waals surface area contributed by atoms with Gasteiger partial charge in [0.1, 0.15) is 0 Å². The maximum absolute atomic E-state index is 11.1. The molecule has 98 valence electrons. The number of amides is 1. The first-order valence-corrected chi connectivity index (χ1v) is 5.67. The third kappa shape index (κ3) is 3.35. The van der Waals surface area contributed by atoms with Crippen molar-refractivity contribution in [1.82, 2.24) is 0 Å². The van der Waals surface area contributed by atoms with Gasteiger partial charge in [-0.25, -0.2) is 0 Å². The van der Waals surface area contributed by atoms with Crippen LogP contribution in [0.2, 0.25) is 10.0 Å². The van der Waals surface area contributed by atoms with Gasteiger partial charge in [0.2, 0.25) is 0 Å². The fourth-order valence-electron chi connectivity index (χ4n) is 0.997. The second-order valence-electron chi connectivity index (χ2n) is 3.48. The lowest BCUT2D eigenvalue weighted by atomic mass is 10.2. The average molecular weight is 291 g/mol. The number of nitrogens with zero attached hydrogens (tertiary/aromatic N) is 1. The van der Waals surface area contributed by atoms with Gasteiger partial charge in [-0.05, 0) is 12.1 Å². The van der Waals surface area contributed by atoms with Gasteiger partial charge in [0.15, 0.2) is 0 Å². The summed E-state index contributed by atoms with van der Waals surface area (Å²) in [6.07, 6.45) is 1.28. The summed E-state index contributed by atoms with van der Waals surface area (Å²) in [7, 11) is 1.28. The number of hydrogen-bond acceptors (Lipinski definition) is 4. The van der Waals surface area contributed by atoms with Gasteiger partial charge < -0.3 is 15.3 Å². The molecule has 0 saturated heterocycles. The van der Waals surface area contributed by atoms with Crippen molar-refractivity contribution in [2.75, 3.05) is 7.11 Å². The first-order chi connectivity index (χ1) is 8.40. The predicted octanol–water partition coefficient (Wildman–Crippen LogP) is 2.19. The molecule has 0 aliphatic heterocycles. The van der Waals surface area contributed by atoms with Crippen LogP contribution in [0.25, 0.3) is 0 Å². The zero-order valence-corrected chi connectivity index (χ0v) is 11.3. The summed E-state index contributed by atoms with van der Waals surface area (Å²) >= 11 is 11.8. The number of halogens is 2. The summed E-state index contributed by atoms with van der Waals surface area (Å²) < 4.78 is 4.82. The van der Waals surface area contributed by atoms with E-state index in [2.05, 4.69) is 5.16 Å². The van der Waals surface area contributed by atoms with Crippen molar-refractivity contribution in [2.45, 2.75) is 12.7 Å². The van der Waals surface area contributed by atoms with E-state index in [1.807, 2.05) is 0 Å². The van der Waals surface area contributed by atoms with Gasteiger partial charge in [0.25, 0.3) is 5.91 Å². The molecule has 0 aliphatic rings. The molecule has 0 saturated carbocycles. The number of carbonyl (C=O) groups is 1. The molecular formula is C11H12Cl2N2O3. The summed E-state index contributed by atoms with van der Waals surface area (Å²) in [4.78, 5) is 16.0. The van der Waals surface area contributed by atoms with Crippen LogP contribution in [-0.2, 0) is 14.4 Å². The number of methoxy groups -OCH3 is 1. The molecular weight excluding hydrogens is 279 g/mol. The lowest BCUT2D eigenvalue weighted by Gasteiger charge is -2.20. The Kier molecular flexibility index (Phi) is 4.95. The fourth-order valence-corrected chi connectivity index (χ4v) is 1.49. The minimum Gasteiger partial charge on any atom is -0.364 e. The lowest BCUT2D eigenvalue weighted by Crippen LogP contribution is -2.44. The van der Waals surface area contributed by atoms with Crippen LogP contribution < -0.4 is 5.73 Å². The second kappa shape index (κ2) is 6.04. The van der Waals surface area contributed by atoms with Gasteiger partial charge >= 0.3 is 5.79 Å². The van der Waals surface area contributed by atoms with Gasteiger partial charge in [-0.15, -0.1) is 0 Å². The topological polar surface area (TPSA) is 73.9 Å². The Bertz CT molecular complexity index is 459. The first-order valence-electron chi connectivity index (χ1n) is 4.91. The van der Waals surface area contributed by atoms with Crippen molar-refractivity contribution in [2.24, 2.45) is 10.9 Å². The Morgan fingerprint density at radius 3 is 2.44 bits per heavy atom. The molecule has 2 N–H and O–H groups in total. The molecule has 18 heavy (non-hydrogen) atoms. The number of oxime groups is 1. The van der Waals surface area contributed by atoms with Crippen LogP contribution in [0.15, 0.2) is 23.4 Å². The molecule has 1 rings (SSSR count). The van der Waals surface area contributed by atoms with Crippen molar-refractivity contribution < 1.29 is 14.4 Å². The minimum absolute atomic E-state index is 0.410. The maximum Gasteiger partial charge on any atom is 0.312 e. The smallest absolute Gasteiger partial charge is 0.312 e. The monoisotopic (exact) mass is 290 g/mol. The summed E-state index contributed by atoms with van der Waals surface area (Å²) in [6, 6.07) is 5.00. The normalized spacial score (nSPS) is 14.4. The van der Waals surface area contributed by atoms with Crippen molar-refractivity contribution in [3.8, 4) is 0 Å². The van der Waals surface area contributed by atoms with E-state index in [0.717, 1.165) is 0 Å². The summed E-state index contributed by atoms with van der Waals surface area (Å²) in [5.74, 6) is -2.43. The Morgan fingerprint density at radius 1 is 1.44 bits per heavy atom. The number of carbonyl (C=O) groups excluding carboxylic acids is 1. The van der Waals surface area contributed by atoms with Gasteiger partial charge in [-0.1, -0.05) is 34.4 Å². The lowest BCUT2D eigenvalue weighted by molar-refractivity contribution is -0.208. The quantitative estimate of drug-likeness (QED) is 0.513. The van der Waals surface area contributed by atoms with E-state index < -0.39 is 11.7 Å². The standard InChI is InChI=1S/C11H12Cl2N2O3/c1-11(17-2,10(14)16)18-15-6-7-8(12)4-3-5-9(7)13/h3-6H,1-2H3,(H2,14,16). The molecule has 1 amide bonds. The van der Waals surface area contributed by atoms with Gasteiger partial charge in [-0.2, -0.15) is 0 Å². The number of hydrogen-bond donors (Lipinski definition) is 1. The molecule has 5 nitrogen and oxygen atoms in total. The molecule has 0 spiro atoms. The van der Waals surface area contributed by atoms with Crippen molar-refractivity contribution in [3.63, 3.8) is 0 Å².